The molecule has 3 heterocycles. The van der Waals surface area contributed by atoms with Crippen molar-refractivity contribution in [1.29, 1.82) is 0 Å². The lowest BCUT2D eigenvalue weighted by atomic mass is 10.3. The highest BCUT2D eigenvalue weighted by Gasteiger charge is 2.10. The number of thioether (sulfide) groups is 1. The second-order valence-corrected chi connectivity index (χ2v) is 6.75. The van der Waals surface area contributed by atoms with Gasteiger partial charge in [-0.3, -0.25) is 0 Å². The van der Waals surface area contributed by atoms with Crippen LogP contribution in [0, 0.1) is 0 Å². The second kappa shape index (κ2) is 7.55. The van der Waals surface area contributed by atoms with Crippen LogP contribution in [0.15, 0.2) is 33.5 Å². The molecule has 3 aromatic rings. The second-order valence-electron chi connectivity index (χ2n) is 4.78. The van der Waals surface area contributed by atoms with Crippen molar-refractivity contribution in [3.05, 3.63) is 40.4 Å². The maximum atomic E-state index is 5.24. The van der Waals surface area contributed by atoms with Crippen LogP contribution in [0.25, 0.3) is 0 Å². The highest BCUT2D eigenvalue weighted by atomic mass is 32.2. The van der Waals surface area contributed by atoms with Gasteiger partial charge in [0.2, 0.25) is 5.89 Å². The van der Waals surface area contributed by atoms with Crippen molar-refractivity contribution in [2.45, 2.75) is 43.6 Å². The molecule has 0 N–H and O–H groups in total. The summed E-state index contributed by atoms with van der Waals surface area (Å²) in [6.45, 7) is 2.97. The summed E-state index contributed by atoms with van der Waals surface area (Å²) in [5.74, 6) is 2.03. The minimum atomic E-state index is 0.619. The van der Waals surface area contributed by atoms with Gasteiger partial charge in [0.15, 0.2) is 11.0 Å². The van der Waals surface area contributed by atoms with E-state index in [-0.39, 0.29) is 0 Å². The Morgan fingerprint density at radius 1 is 1.36 bits per heavy atom. The summed E-state index contributed by atoms with van der Waals surface area (Å²) in [6.07, 6.45) is 4.63. The number of hydrogen-bond acceptors (Lipinski definition) is 7. The van der Waals surface area contributed by atoms with E-state index < -0.39 is 0 Å². The molecule has 0 aliphatic rings. The van der Waals surface area contributed by atoms with Crippen LogP contribution < -0.4 is 0 Å². The van der Waals surface area contributed by atoms with Crippen LogP contribution in [0.3, 0.4) is 0 Å². The molecule has 0 saturated heterocycles. The molecule has 0 aliphatic carbocycles. The van der Waals surface area contributed by atoms with Gasteiger partial charge in [-0.1, -0.05) is 29.9 Å². The van der Waals surface area contributed by atoms with Crippen LogP contribution in [-0.4, -0.2) is 24.9 Å². The first-order valence-electron chi connectivity index (χ1n) is 7.19. The summed E-state index contributed by atoms with van der Waals surface area (Å²) in [4.78, 5) is 5.73. The van der Waals surface area contributed by atoms with E-state index in [1.165, 1.54) is 4.88 Å². The molecule has 22 heavy (non-hydrogen) atoms. The van der Waals surface area contributed by atoms with Gasteiger partial charge in [0, 0.05) is 17.8 Å². The Kier molecular flexibility index (Phi) is 5.23. The molecular weight excluding hydrogens is 318 g/mol. The Hall–Kier alpha value is -1.67. The summed E-state index contributed by atoms with van der Waals surface area (Å²) < 4.78 is 7.30. The van der Waals surface area contributed by atoms with Crippen molar-refractivity contribution < 1.29 is 4.52 Å². The van der Waals surface area contributed by atoms with Gasteiger partial charge in [-0.05, 0) is 24.3 Å². The molecule has 0 amide bonds. The van der Waals surface area contributed by atoms with Crippen molar-refractivity contribution in [1.82, 2.24) is 24.9 Å². The topological polar surface area (TPSA) is 69.6 Å². The lowest BCUT2D eigenvalue weighted by Crippen LogP contribution is -2.01. The molecular formula is C14H17N5OS2. The summed E-state index contributed by atoms with van der Waals surface area (Å²) in [6, 6.07) is 4.22. The molecule has 3 rings (SSSR count). The van der Waals surface area contributed by atoms with Gasteiger partial charge in [0.05, 0.1) is 5.75 Å². The molecule has 0 saturated carbocycles. The van der Waals surface area contributed by atoms with E-state index in [0.29, 0.717) is 11.6 Å². The fourth-order valence-electron chi connectivity index (χ4n) is 2.00. The number of hydrogen-bond donors (Lipinski definition) is 0. The molecule has 0 radical (unpaired) electrons. The molecule has 0 unspecified atom stereocenters. The Bertz CT molecular complexity index is 692. The van der Waals surface area contributed by atoms with E-state index in [2.05, 4.69) is 49.3 Å². The van der Waals surface area contributed by atoms with E-state index in [4.69, 9.17) is 4.52 Å². The molecule has 116 valence electrons. The van der Waals surface area contributed by atoms with Crippen molar-refractivity contribution in [2.24, 2.45) is 0 Å². The van der Waals surface area contributed by atoms with Crippen molar-refractivity contribution >= 4 is 23.1 Å². The van der Waals surface area contributed by atoms with Gasteiger partial charge in [0.25, 0.3) is 0 Å². The van der Waals surface area contributed by atoms with Crippen LogP contribution in [0.5, 0.6) is 0 Å². The van der Waals surface area contributed by atoms with Gasteiger partial charge in [-0.25, -0.2) is 0 Å². The number of aromatic nitrogens is 5. The van der Waals surface area contributed by atoms with Gasteiger partial charge >= 0.3 is 0 Å². The lowest BCUT2D eigenvalue weighted by molar-refractivity contribution is 0.384. The lowest BCUT2D eigenvalue weighted by Gasteiger charge is -2.03. The van der Waals surface area contributed by atoms with Gasteiger partial charge in [-0.15, -0.1) is 21.5 Å². The largest absolute Gasteiger partial charge is 0.338 e. The molecule has 0 spiro atoms. The molecule has 8 heteroatoms. The van der Waals surface area contributed by atoms with Gasteiger partial charge < -0.3 is 9.09 Å². The minimum absolute atomic E-state index is 0.619. The third kappa shape index (κ3) is 3.95. The Morgan fingerprint density at radius 2 is 2.32 bits per heavy atom. The number of aryl methyl sites for hydroxylation is 3. The van der Waals surface area contributed by atoms with E-state index in [0.717, 1.165) is 36.8 Å². The Labute approximate surface area is 137 Å². The SMILES string of the molecule is CCCc1noc(CSc2nncn2CCc2cccs2)n1. The number of nitrogens with zero attached hydrogens (tertiary/aromatic N) is 5. The fraction of sp³-hybridized carbons (Fsp3) is 0.429. The summed E-state index contributed by atoms with van der Waals surface area (Å²) in [5, 5.41) is 15.1. The van der Waals surface area contributed by atoms with E-state index in [1.807, 2.05) is 0 Å². The van der Waals surface area contributed by atoms with Crippen LogP contribution in [-0.2, 0) is 25.1 Å². The zero-order valence-electron chi connectivity index (χ0n) is 12.3. The van der Waals surface area contributed by atoms with Crippen molar-refractivity contribution in [2.75, 3.05) is 0 Å². The van der Waals surface area contributed by atoms with Gasteiger partial charge in [0.1, 0.15) is 6.33 Å². The maximum absolute atomic E-state index is 5.24. The van der Waals surface area contributed by atoms with E-state index in [9.17, 15) is 0 Å². The van der Waals surface area contributed by atoms with Crippen LogP contribution in [0.1, 0.15) is 29.9 Å². The highest BCUT2D eigenvalue weighted by Crippen LogP contribution is 2.20. The summed E-state index contributed by atoms with van der Waals surface area (Å²) in [5.41, 5.74) is 0. The molecule has 3 aromatic heterocycles. The van der Waals surface area contributed by atoms with Crippen molar-refractivity contribution in [3.63, 3.8) is 0 Å². The van der Waals surface area contributed by atoms with Crippen LogP contribution in [0.2, 0.25) is 0 Å². The zero-order chi connectivity index (χ0) is 15.2. The number of thiophene rings is 1. The van der Waals surface area contributed by atoms with Crippen molar-refractivity contribution in [3.8, 4) is 0 Å². The summed E-state index contributed by atoms with van der Waals surface area (Å²) >= 11 is 3.35. The fourth-order valence-corrected chi connectivity index (χ4v) is 3.47. The molecule has 0 fully saturated rings. The van der Waals surface area contributed by atoms with E-state index in [1.54, 1.807) is 29.4 Å². The third-order valence-electron chi connectivity index (χ3n) is 3.07. The zero-order valence-corrected chi connectivity index (χ0v) is 13.9. The quantitative estimate of drug-likeness (QED) is 0.589. The highest BCUT2D eigenvalue weighted by molar-refractivity contribution is 7.98. The monoisotopic (exact) mass is 335 g/mol. The molecule has 0 aromatic carbocycles. The first-order chi connectivity index (χ1) is 10.8. The Morgan fingerprint density at radius 3 is 3.14 bits per heavy atom. The first-order valence-corrected chi connectivity index (χ1v) is 9.06. The smallest absolute Gasteiger partial charge is 0.237 e. The minimum Gasteiger partial charge on any atom is -0.338 e. The van der Waals surface area contributed by atoms with Crippen LogP contribution >= 0.6 is 23.1 Å². The number of rotatable bonds is 8. The predicted octanol–water partition coefficient (Wildman–Crippen LogP) is 3.21. The average molecular weight is 335 g/mol. The molecule has 0 atom stereocenters. The van der Waals surface area contributed by atoms with Gasteiger partial charge in [-0.2, -0.15) is 4.98 Å². The normalized spacial score (nSPS) is 11.1. The summed E-state index contributed by atoms with van der Waals surface area (Å²) in [7, 11) is 0. The molecule has 0 aliphatic heterocycles. The average Bonchev–Trinajstić information content (AvgIpc) is 3.25. The third-order valence-corrected chi connectivity index (χ3v) is 4.97. The first kappa shape index (κ1) is 15.2. The molecule has 6 nitrogen and oxygen atoms in total. The maximum Gasteiger partial charge on any atom is 0.237 e. The van der Waals surface area contributed by atoms with E-state index >= 15 is 0 Å². The van der Waals surface area contributed by atoms with Crippen LogP contribution in [0.4, 0.5) is 0 Å². The molecule has 0 bridgehead atoms. The Balaban J connectivity index is 1.55. The standard InChI is InChI=1S/C14H17N5OS2/c1-2-4-12-16-13(20-18-12)9-22-14-17-15-10-19(14)7-6-11-5-3-8-21-11/h3,5,8,10H,2,4,6-7,9H2,1H3. The predicted molar refractivity (Wildman–Crippen MR) is 85.9 cm³/mol.